The summed E-state index contributed by atoms with van der Waals surface area (Å²) in [7, 11) is 3.09. The van der Waals surface area contributed by atoms with Crippen LogP contribution in [-0.2, 0) is 6.42 Å². The third-order valence-corrected chi connectivity index (χ3v) is 5.36. The van der Waals surface area contributed by atoms with Gasteiger partial charge in [-0.1, -0.05) is 5.16 Å². The molecule has 32 heavy (non-hydrogen) atoms. The van der Waals surface area contributed by atoms with Crippen molar-refractivity contribution >= 4 is 5.91 Å². The smallest absolute Gasteiger partial charge is 0.257 e. The van der Waals surface area contributed by atoms with Gasteiger partial charge in [-0.2, -0.15) is 4.98 Å². The Kier molecular flexibility index (Phi) is 6.53. The quantitative estimate of drug-likeness (QED) is 0.529. The van der Waals surface area contributed by atoms with E-state index in [-0.39, 0.29) is 17.6 Å². The van der Waals surface area contributed by atoms with Gasteiger partial charge in [0.25, 0.3) is 5.91 Å². The van der Waals surface area contributed by atoms with Crippen molar-refractivity contribution in [3.8, 4) is 17.2 Å². The van der Waals surface area contributed by atoms with Crippen LogP contribution in [0.3, 0.4) is 0 Å². The van der Waals surface area contributed by atoms with Crippen LogP contribution in [-0.4, -0.2) is 54.9 Å². The van der Waals surface area contributed by atoms with Crippen molar-refractivity contribution in [3.05, 3.63) is 65.6 Å². The van der Waals surface area contributed by atoms with Crippen LogP contribution in [0.4, 0.5) is 4.39 Å². The molecule has 4 rings (SSSR count). The number of hydrogen-bond acceptors (Lipinski definition) is 7. The molecule has 0 N–H and O–H groups in total. The summed E-state index contributed by atoms with van der Waals surface area (Å²) in [6.45, 7) is 1.42. The highest BCUT2D eigenvalue weighted by molar-refractivity contribution is 5.97. The summed E-state index contributed by atoms with van der Waals surface area (Å²) in [4.78, 5) is 19.2. The fourth-order valence-corrected chi connectivity index (χ4v) is 3.62. The Morgan fingerprint density at radius 1 is 1.16 bits per heavy atom. The summed E-state index contributed by atoms with van der Waals surface area (Å²) in [6.07, 6.45) is 1.19. The highest BCUT2D eigenvalue weighted by Gasteiger charge is 2.32. The lowest BCUT2D eigenvalue weighted by Crippen LogP contribution is -2.28. The first-order valence-electron chi connectivity index (χ1n) is 10.3. The molecule has 1 atom stereocenters. The third kappa shape index (κ3) is 4.82. The first kappa shape index (κ1) is 21.6. The Hall–Kier alpha value is -3.62. The second-order valence-electron chi connectivity index (χ2n) is 7.40. The van der Waals surface area contributed by atoms with Gasteiger partial charge in [-0.25, -0.2) is 4.39 Å². The number of aromatic nitrogens is 2. The Morgan fingerprint density at radius 2 is 1.94 bits per heavy atom. The van der Waals surface area contributed by atoms with Crippen molar-refractivity contribution in [2.75, 3.05) is 33.9 Å². The van der Waals surface area contributed by atoms with Crippen molar-refractivity contribution < 1.29 is 27.9 Å². The normalized spacial score (nSPS) is 15.6. The van der Waals surface area contributed by atoms with Crippen molar-refractivity contribution in [2.24, 2.45) is 0 Å². The van der Waals surface area contributed by atoms with Crippen LogP contribution in [0.2, 0.25) is 0 Å². The van der Waals surface area contributed by atoms with Crippen LogP contribution in [0.5, 0.6) is 17.2 Å². The van der Waals surface area contributed by atoms with Gasteiger partial charge in [0.05, 0.1) is 32.3 Å². The van der Waals surface area contributed by atoms with E-state index < -0.39 is 0 Å². The van der Waals surface area contributed by atoms with Gasteiger partial charge in [0.15, 0.2) is 5.82 Å². The van der Waals surface area contributed by atoms with Crippen LogP contribution in [0.15, 0.2) is 47.0 Å². The molecule has 0 spiro atoms. The van der Waals surface area contributed by atoms with Gasteiger partial charge in [-0.3, -0.25) is 4.79 Å². The van der Waals surface area contributed by atoms with Crippen molar-refractivity contribution in [2.45, 2.75) is 18.8 Å². The molecule has 1 saturated heterocycles. The zero-order chi connectivity index (χ0) is 22.5. The molecule has 1 fully saturated rings. The summed E-state index contributed by atoms with van der Waals surface area (Å²) in [6, 6.07) is 11.0. The SMILES string of the molecule is COc1ccc(C(=O)N2CCC(c3nc(CCOc4ccc(F)cc4)no3)C2)c(OC)c1. The van der Waals surface area contributed by atoms with E-state index in [4.69, 9.17) is 18.7 Å². The topological polar surface area (TPSA) is 86.9 Å². The minimum Gasteiger partial charge on any atom is -0.497 e. The molecule has 2 aromatic carbocycles. The number of carbonyl (C=O) groups is 1. The predicted molar refractivity (Wildman–Crippen MR) is 113 cm³/mol. The zero-order valence-corrected chi connectivity index (χ0v) is 17.9. The molecule has 8 nitrogen and oxygen atoms in total. The van der Waals surface area contributed by atoms with Crippen LogP contribution < -0.4 is 14.2 Å². The van der Waals surface area contributed by atoms with E-state index >= 15 is 0 Å². The maximum atomic E-state index is 13.0. The van der Waals surface area contributed by atoms with Crippen LogP contribution in [0, 0.1) is 5.82 Å². The van der Waals surface area contributed by atoms with Crippen LogP contribution in [0.1, 0.15) is 34.4 Å². The van der Waals surface area contributed by atoms with E-state index in [0.717, 1.165) is 6.42 Å². The number of rotatable bonds is 8. The maximum Gasteiger partial charge on any atom is 0.257 e. The fraction of sp³-hybridized carbons (Fsp3) is 0.348. The van der Waals surface area contributed by atoms with Crippen molar-refractivity contribution in [1.82, 2.24) is 15.0 Å². The zero-order valence-electron chi connectivity index (χ0n) is 17.9. The van der Waals surface area contributed by atoms with E-state index in [2.05, 4.69) is 10.1 Å². The number of nitrogens with zero attached hydrogens (tertiary/aromatic N) is 3. The summed E-state index contributed by atoms with van der Waals surface area (Å²) in [5.74, 6) is 2.27. The van der Waals surface area contributed by atoms with E-state index in [1.807, 2.05) is 0 Å². The van der Waals surface area contributed by atoms with Gasteiger partial charge in [0, 0.05) is 25.6 Å². The van der Waals surface area contributed by atoms with Crippen LogP contribution >= 0.6 is 0 Å². The monoisotopic (exact) mass is 441 g/mol. The Labute approximate surface area is 184 Å². The number of methoxy groups -OCH3 is 2. The molecule has 0 aliphatic carbocycles. The predicted octanol–water partition coefficient (Wildman–Crippen LogP) is 3.48. The number of carbonyl (C=O) groups excluding carboxylic acids is 1. The lowest BCUT2D eigenvalue weighted by molar-refractivity contribution is 0.0786. The molecule has 1 amide bonds. The number of halogens is 1. The number of amides is 1. The molecule has 3 aromatic rings. The molecule has 1 aromatic heterocycles. The minimum absolute atomic E-state index is 0.0255. The summed E-state index contributed by atoms with van der Waals surface area (Å²) < 4.78 is 34.5. The van der Waals surface area contributed by atoms with Crippen molar-refractivity contribution in [1.29, 1.82) is 0 Å². The number of hydrogen-bond donors (Lipinski definition) is 0. The third-order valence-electron chi connectivity index (χ3n) is 5.36. The molecule has 9 heteroatoms. The minimum atomic E-state index is -0.310. The maximum absolute atomic E-state index is 13.0. The van der Waals surface area contributed by atoms with E-state index in [9.17, 15) is 9.18 Å². The van der Waals surface area contributed by atoms with Crippen LogP contribution in [0.25, 0.3) is 0 Å². The molecule has 2 heterocycles. The van der Waals surface area contributed by atoms with Gasteiger partial charge in [0.2, 0.25) is 5.89 Å². The van der Waals surface area contributed by atoms with E-state index in [1.54, 1.807) is 42.3 Å². The molecule has 0 bridgehead atoms. The molecular formula is C23H24FN3O5. The molecule has 168 valence electrons. The summed E-state index contributed by atoms with van der Waals surface area (Å²) in [5.41, 5.74) is 0.484. The van der Waals surface area contributed by atoms with Gasteiger partial charge in [-0.05, 0) is 42.8 Å². The van der Waals surface area contributed by atoms with Gasteiger partial charge in [0.1, 0.15) is 23.1 Å². The number of ether oxygens (including phenoxy) is 3. The lowest BCUT2D eigenvalue weighted by atomic mass is 10.1. The number of benzene rings is 2. The summed E-state index contributed by atoms with van der Waals surface area (Å²) >= 11 is 0. The molecule has 1 aliphatic rings. The Bertz CT molecular complexity index is 1070. The van der Waals surface area contributed by atoms with Gasteiger partial charge in [-0.15, -0.1) is 0 Å². The Morgan fingerprint density at radius 3 is 2.69 bits per heavy atom. The lowest BCUT2D eigenvalue weighted by Gasteiger charge is -2.18. The second-order valence-corrected chi connectivity index (χ2v) is 7.40. The van der Waals surface area contributed by atoms with Gasteiger partial charge < -0.3 is 23.6 Å². The first-order chi connectivity index (χ1) is 15.6. The van der Waals surface area contributed by atoms with E-state index in [1.165, 1.54) is 19.2 Å². The first-order valence-corrected chi connectivity index (χ1v) is 10.3. The number of likely N-dealkylation sites (tertiary alicyclic amines) is 1. The fourth-order valence-electron chi connectivity index (χ4n) is 3.62. The molecule has 1 aliphatic heterocycles. The highest BCUT2D eigenvalue weighted by Crippen LogP contribution is 2.30. The Balaban J connectivity index is 1.33. The second kappa shape index (κ2) is 9.67. The average molecular weight is 441 g/mol. The molecule has 0 radical (unpaired) electrons. The molecular weight excluding hydrogens is 417 g/mol. The highest BCUT2D eigenvalue weighted by atomic mass is 19.1. The molecule has 0 saturated carbocycles. The average Bonchev–Trinajstić information content (AvgIpc) is 3.49. The van der Waals surface area contributed by atoms with Crippen molar-refractivity contribution in [3.63, 3.8) is 0 Å². The van der Waals surface area contributed by atoms with Gasteiger partial charge >= 0.3 is 0 Å². The molecule has 1 unspecified atom stereocenters. The standard InChI is InChI=1S/C23H24FN3O5/c1-29-18-7-8-19(20(13-18)30-2)23(28)27-11-9-15(14-27)22-25-21(26-32-22)10-12-31-17-5-3-16(24)4-6-17/h3-8,13,15H,9-12,14H2,1-2H3. The summed E-state index contributed by atoms with van der Waals surface area (Å²) in [5, 5.41) is 4.02. The van der Waals surface area contributed by atoms with E-state index in [0.29, 0.717) is 60.6 Å². The largest absolute Gasteiger partial charge is 0.497 e.